The number of nitrogen functional groups attached to an aromatic ring is 1. The third kappa shape index (κ3) is 2.66. The highest BCUT2D eigenvalue weighted by Gasteiger charge is 2.34. The van der Waals surface area contributed by atoms with E-state index in [1.54, 1.807) is 0 Å². The van der Waals surface area contributed by atoms with Crippen molar-refractivity contribution in [3.8, 4) is 11.5 Å². The molecule has 5 nitrogen and oxygen atoms in total. The second-order valence-electron chi connectivity index (χ2n) is 2.78. The van der Waals surface area contributed by atoms with Crippen LogP contribution in [0.5, 0.6) is 11.5 Å². The molecule has 16 heavy (non-hydrogen) atoms. The molecule has 0 aromatic carbocycles. The fraction of sp³-hybridized carbons (Fsp3) is 0.375. The maximum absolute atomic E-state index is 12.1. The van der Waals surface area contributed by atoms with Gasteiger partial charge in [-0.15, -0.1) is 13.2 Å². The number of methoxy groups -OCH3 is 1. The molecule has 0 aliphatic carbocycles. The number of ether oxygens (including phenoxy) is 2. The van der Waals surface area contributed by atoms with Gasteiger partial charge in [-0.1, -0.05) is 0 Å². The van der Waals surface area contributed by atoms with Gasteiger partial charge >= 0.3 is 6.36 Å². The van der Waals surface area contributed by atoms with Crippen molar-refractivity contribution >= 4 is 5.82 Å². The SMILES string of the molecule is COc1c(N)ncc(CN)c1OC(F)(F)F. The molecule has 0 saturated carbocycles. The lowest BCUT2D eigenvalue weighted by molar-refractivity contribution is -0.275. The minimum Gasteiger partial charge on any atom is -0.490 e. The predicted molar refractivity (Wildman–Crippen MR) is 49.8 cm³/mol. The van der Waals surface area contributed by atoms with Crippen molar-refractivity contribution in [3.63, 3.8) is 0 Å². The Labute approximate surface area is 89.1 Å². The molecule has 0 spiro atoms. The maximum Gasteiger partial charge on any atom is 0.573 e. The van der Waals surface area contributed by atoms with Crippen LogP contribution in [0.15, 0.2) is 6.20 Å². The first kappa shape index (κ1) is 12.4. The van der Waals surface area contributed by atoms with Crippen molar-refractivity contribution in [3.05, 3.63) is 11.8 Å². The van der Waals surface area contributed by atoms with Gasteiger partial charge in [0, 0.05) is 18.3 Å². The molecule has 90 valence electrons. The first-order valence-corrected chi connectivity index (χ1v) is 4.16. The Morgan fingerprint density at radius 2 is 2.00 bits per heavy atom. The first-order chi connectivity index (χ1) is 7.39. The molecule has 8 heteroatoms. The lowest BCUT2D eigenvalue weighted by Crippen LogP contribution is -2.20. The van der Waals surface area contributed by atoms with Crippen LogP contribution in [0.2, 0.25) is 0 Å². The van der Waals surface area contributed by atoms with E-state index in [0.29, 0.717) is 0 Å². The average molecular weight is 237 g/mol. The zero-order valence-corrected chi connectivity index (χ0v) is 8.34. The summed E-state index contributed by atoms with van der Waals surface area (Å²) >= 11 is 0. The summed E-state index contributed by atoms with van der Waals surface area (Å²) in [6.07, 6.45) is -3.73. The minimum absolute atomic E-state index is 0.0587. The Kier molecular flexibility index (Phi) is 3.43. The van der Waals surface area contributed by atoms with Crippen molar-refractivity contribution in [1.29, 1.82) is 0 Å². The Hall–Kier alpha value is -1.70. The highest BCUT2D eigenvalue weighted by molar-refractivity contribution is 5.58. The number of alkyl halides is 3. The molecule has 0 radical (unpaired) electrons. The van der Waals surface area contributed by atoms with Gasteiger partial charge in [0.05, 0.1) is 7.11 Å². The van der Waals surface area contributed by atoms with E-state index in [1.807, 2.05) is 0 Å². The second kappa shape index (κ2) is 4.44. The zero-order valence-electron chi connectivity index (χ0n) is 8.34. The number of aromatic nitrogens is 1. The lowest BCUT2D eigenvalue weighted by Gasteiger charge is -2.16. The number of hydrogen-bond donors (Lipinski definition) is 2. The molecule has 1 rings (SSSR count). The van der Waals surface area contributed by atoms with Crippen LogP contribution in [0, 0.1) is 0 Å². The third-order valence-electron chi connectivity index (χ3n) is 1.73. The van der Waals surface area contributed by atoms with E-state index in [9.17, 15) is 13.2 Å². The van der Waals surface area contributed by atoms with Crippen LogP contribution in [0.4, 0.5) is 19.0 Å². The summed E-state index contributed by atoms with van der Waals surface area (Å²) in [5.74, 6) is -1.02. The number of nitrogens with two attached hydrogens (primary N) is 2. The molecule has 1 heterocycles. The molecule has 0 atom stereocenters. The predicted octanol–water partition coefficient (Wildman–Crippen LogP) is 1.03. The van der Waals surface area contributed by atoms with Gasteiger partial charge in [-0.25, -0.2) is 4.98 Å². The number of pyridine rings is 1. The molecular weight excluding hydrogens is 227 g/mol. The summed E-state index contributed by atoms with van der Waals surface area (Å²) in [6.45, 7) is -0.172. The molecule has 0 unspecified atom stereocenters. The number of rotatable bonds is 3. The van der Waals surface area contributed by atoms with E-state index >= 15 is 0 Å². The van der Waals surface area contributed by atoms with Gasteiger partial charge < -0.3 is 20.9 Å². The van der Waals surface area contributed by atoms with Crippen molar-refractivity contribution in [2.45, 2.75) is 12.9 Å². The number of halogens is 3. The van der Waals surface area contributed by atoms with Gasteiger partial charge in [0.1, 0.15) is 0 Å². The quantitative estimate of drug-likeness (QED) is 0.820. The Bertz CT molecular complexity index is 382. The lowest BCUT2D eigenvalue weighted by atomic mass is 10.2. The fourth-order valence-electron chi connectivity index (χ4n) is 1.10. The standard InChI is InChI=1S/C8H10F3N3O2/c1-15-6-5(16-8(9,10)11)4(2-12)3-14-7(6)13/h3H,2,12H2,1H3,(H2,13,14). The van der Waals surface area contributed by atoms with Gasteiger partial charge in [-0.3, -0.25) is 0 Å². The van der Waals surface area contributed by atoms with Gasteiger partial charge in [-0.05, 0) is 0 Å². The van der Waals surface area contributed by atoms with Gasteiger partial charge in [0.25, 0.3) is 0 Å². The van der Waals surface area contributed by atoms with Gasteiger partial charge in [0.15, 0.2) is 11.6 Å². The Morgan fingerprint density at radius 1 is 1.38 bits per heavy atom. The molecule has 0 saturated heterocycles. The molecule has 0 amide bonds. The topological polar surface area (TPSA) is 83.4 Å². The van der Waals surface area contributed by atoms with Crippen molar-refractivity contribution < 1.29 is 22.6 Å². The normalized spacial score (nSPS) is 11.3. The van der Waals surface area contributed by atoms with Crippen LogP contribution < -0.4 is 20.9 Å². The Balaban J connectivity index is 3.25. The smallest absolute Gasteiger partial charge is 0.490 e. The minimum atomic E-state index is -4.84. The molecular formula is C8H10F3N3O2. The molecule has 1 aromatic rings. The molecule has 1 aromatic heterocycles. The summed E-state index contributed by atoms with van der Waals surface area (Å²) in [5.41, 5.74) is 10.7. The monoisotopic (exact) mass is 237 g/mol. The summed E-state index contributed by atoms with van der Waals surface area (Å²) < 4.78 is 44.9. The zero-order chi connectivity index (χ0) is 12.3. The Morgan fingerprint density at radius 3 is 2.44 bits per heavy atom. The largest absolute Gasteiger partial charge is 0.573 e. The molecule has 0 aliphatic rings. The molecule has 4 N–H and O–H groups in total. The van der Waals surface area contributed by atoms with Gasteiger partial charge in [0.2, 0.25) is 5.75 Å². The summed E-state index contributed by atoms with van der Waals surface area (Å²) in [7, 11) is 1.16. The van der Waals surface area contributed by atoms with E-state index < -0.39 is 12.1 Å². The molecule has 0 aliphatic heterocycles. The fourth-order valence-corrected chi connectivity index (χ4v) is 1.10. The van der Waals surface area contributed by atoms with Crippen LogP contribution in [0.25, 0.3) is 0 Å². The van der Waals surface area contributed by atoms with E-state index in [0.717, 1.165) is 13.3 Å². The summed E-state index contributed by atoms with van der Waals surface area (Å²) in [6, 6.07) is 0. The van der Waals surface area contributed by atoms with Crippen molar-refractivity contribution in [2.24, 2.45) is 5.73 Å². The van der Waals surface area contributed by atoms with Crippen LogP contribution in [0.1, 0.15) is 5.56 Å². The van der Waals surface area contributed by atoms with Crippen LogP contribution in [0.3, 0.4) is 0 Å². The number of nitrogens with zero attached hydrogens (tertiary/aromatic N) is 1. The summed E-state index contributed by atoms with van der Waals surface area (Å²) in [5, 5.41) is 0. The van der Waals surface area contributed by atoms with E-state index in [-0.39, 0.29) is 23.7 Å². The van der Waals surface area contributed by atoms with Crippen LogP contribution >= 0.6 is 0 Å². The van der Waals surface area contributed by atoms with Crippen LogP contribution in [-0.2, 0) is 6.54 Å². The summed E-state index contributed by atoms with van der Waals surface area (Å²) in [4.78, 5) is 3.64. The molecule has 0 bridgehead atoms. The highest BCUT2D eigenvalue weighted by atomic mass is 19.4. The van der Waals surface area contributed by atoms with E-state index in [4.69, 9.17) is 16.2 Å². The highest BCUT2D eigenvalue weighted by Crippen LogP contribution is 2.38. The van der Waals surface area contributed by atoms with Crippen molar-refractivity contribution in [1.82, 2.24) is 4.98 Å². The van der Waals surface area contributed by atoms with E-state index in [1.165, 1.54) is 0 Å². The number of hydrogen-bond acceptors (Lipinski definition) is 5. The van der Waals surface area contributed by atoms with Crippen LogP contribution in [-0.4, -0.2) is 18.5 Å². The first-order valence-electron chi connectivity index (χ1n) is 4.16. The van der Waals surface area contributed by atoms with Gasteiger partial charge in [-0.2, -0.15) is 0 Å². The van der Waals surface area contributed by atoms with Crippen molar-refractivity contribution in [2.75, 3.05) is 12.8 Å². The average Bonchev–Trinajstić information content (AvgIpc) is 2.16. The maximum atomic E-state index is 12.1. The number of anilines is 1. The molecule has 0 fully saturated rings. The third-order valence-corrected chi connectivity index (χ3v) is 1.73. The van der Waals surface area contributed by atoms with E-state index in [2.05, 4.69) is 9.72 Å². The second-order valence-corrected chi connectivity index (χ2v) is 2.78.